The van der Waals surface area contributed by atoms with Crippen LogP contribution in [-0.2, 0) is 10.0 Å². The number of ether oxygens (including phenoxy) is 2. The minimum Gasteiger partial charge on any atom is -0.486 e. The molecule has 0 radical (unpaired) electrons. The zero-order chi connectivity index (χ0) is 19.0. The first-order valence-corrected chi connectivity index (χ1v) is 10.1. The standard InChI is InChI=1S/C20H20N2O4S/c1-14-10-15-6-5-9-19(20(15)21-11-14)27(23,24)22(2)12-16-13-25-17-7-3-4-8-18(17)26-16/h3-11,16H,12-13H2,1-2H3. The highest BCUT2D eigenvalue weighted by Gasteiger charge is 2.29. The molecule has 0 saturated heterocycles. The number of fused-ring (bicyclic) bond motifs is 2. The fraction of sp³-hybridized carbons (Fsp3) is 0.250. The number of nitrogens with zero attached hydrogens (tertiary/aromatic N) is 2. The number of sulfonamides is 1. The molecule has 0 bridgehead atoms. The van der Waals surface area contributed by atoms with Crippen LogP contribution in [-0.4, -0.2) is 44.0 Å². The summed E-state index contributed by atoms with van der Waals surface area (Å²) >= 11 is 0. The summed E-state index contributed by atoms with van der Waals surface area (Å²) < 4.78 is 39.1. The average molecular weight is 384 g/mol. The Morgan fingerprint density at radius 2 is 1.93 bits per heavy atom. The van der Waals surface area contributed by atoms with Crippen LogP contribution in [0.15, 0.2) is 59.6 Å². The van der Waals surface area contributed by atoms with Gasteiger partial charge in [-0.2, -0.15) is 4.31 Å². The summed E-state index contributed by atoms with van der Waals surface area (Å²) in [6.45, 7) is 2.40. The Bertz CT molecular complexity index is 1100. The van der Waals surface area contributed by atoms with Crippen molar-refractivity contribution in [1.82, 2.24) is 9.29 Å². The Balaban J connectivity index is 1.60. The number of rotatable bonds is 4. The number of likely N-dealkylation sites (N-methyl/N-ethyl adjacent to an activating group) is 1. The zero-order valence-corrected chi connectivity index (χ0v) is 15.9. The van der Waals surface area contributed by atoms with Crippen molar-refractivity contribution in [3.8, 4) is 11.5 Å². The number of para-hydroxylation sites is 3. The Kier molecular flexibility index (Phi) is 4.49. The third-order valence-corrected chi connectivity index (χ3v) is 6.38. The van der Waals surface area contributed by atoms with Crippen molar-refractivity contribution in [2.75, 3.05) is 20.2 Å². The van der Waals surface area contributed by atoms with Crippen molar-refractivity contribution in [2.24, 2.45) is 0 Å². The van der Waals surface area contributed by atoms with E-state index in [0.717, 1.165) is 10.9 Å². The summed E-state index contributed by atoms with van der Waals surface area (Å²) in [6.07, 6.45) is 1.29. The minimum absolute atomic E-state index is 0.179. The highest BCUT2D eigenvalue weighted by Crippen LogP contribution is 2.31. The molecule has 0 N–H and O–H groups in total. The molecule has 6 nitrogen and oxygen atoms in total. The molecule has 1 unspecified atom stereocenters. The predicted molar refractivity (Wildman–Crippen MR) is 103 cm³/mol. The number of hydrogen-bond acceptors (Lipinski definition) is 5. The Labute approximate surface area is 158 Å². The van der Waals surface area contributed by atoms with Crippen molar-refractivity contribution in [3.05, 3.63) is 60.3 Å². The van der Waals surface area contributed by atoms with Crippen LogP contribution in [0.2, 0.25) is 0 Å². The van der Waals surface area contributed by atoms with Gasteiger partial charge in [0.15, 0.2) is 11.5 Å². The van der Waals surface area contributed by atoms with Crippen molar-refractivity contribution < 1.29 is 17.9 Å². The molecule has 7 heteroatoms. The van der Waals surface area contributed by atoms with E-state index in [1.54, 1.807) is 25.4 Å². The van der Waals surface area contributed by atoms with Crippen LogP contribution in [0.25, 0.3) is 10.9 Å². The lowest BCUT2D eigenvalue weighted by Crippen LogP contribution is -2.41. The van der Waals surface area contributed by atoms with Gasteiger partial charge < -0.3 is 9.47 Å². The highest BCUT2D eigenvalue weighted by molar-refractivity contribution is 7.89. The fourth-order valence-electron chi connectivity index (χ4n) is 3.16. The molecule has 27 heavy (non-hydrogen) atoms. The first-order valence-electron chi connectivity index (χ1n) is 8.65. The number of benzene rings is 2. The van der Waals surface area contributed by atoms with Crippen LogP contribution in [0.5, 0.6) is 11.5 Å². The number of aryl methyl sites for hydroxylation is 1. The predicted octanol–water partition coefficient (Wildman–Crippen LogP) is 3.00. The monoisotopic (exact) mass is 384 g/mol. The van der Waals surface area contributed by atoms with Gasteiger partial charge in [0.25, 0.3) is 0 Å². The molecule has 3 aromatic rings. The van der Waals surface area contributed by atoms with E-state index in [4.69, 9.17) is 9.47 Å². The van der Waals surface area contributed by atoms with E-state index in [1.165, 1.54) is 4.31 Å². The van der Waals surface area contributed by atoms with Gasteiger partial charge in [-0.05, 0) is 36.8 Å². The molecule has 0 aliphatic carbocycles. The summed E-state index contributed by atoms with van der Waals surface area (Å²) in [4.78, 5) is 4.54. The lowest BCUT2D eigenvalue weighted by Gasteiger charge is -2.29. The normalized spacial score (nSPS) is 16.6. The first-order chi connectivity index (χ1) is 12.9. The Morgan fingerprint density at radius 3 is 2.74 bits per heavy atom. The lowest BCUT2D eigenvalue weighted by atomic mass is 10.2. The van der Waals surface area contributed by atoms with Crippen LogP contribution in [0, 0.1) is 6.92 Å². The van der Waals surface area contributed by atoms with E-state index in [9.17, 15) is 8.42 Å². The van der Waals surface area contributed by atoms with Crippen LogP contribution >= 0.6 is 0 Å². The maximum absolute atomic E-state index is 13.1. The van der Waals surface area contributed by atoms with Gasteiger partial charge in [-0.1, -0.05) is 24.3 Å². The quantitative estimate of drug-likeness (QED) is 0.692. The van der Waals surface area contributed by atoms with Crippen LogP contribution in [0.3, 0.4) is 0 Å². The second kappa shape index (κ2) is 6.83. The summed E-state index contributed by atoms with van der Waals surface area (Å²) in [5.41, 5.74) is 1.46. The molecule has 1 aromatic heterocycles. The summed E-state index contributed by atoms with van der Waals surface area (Å²) in [6, 6.07) is 14.5. The molecule has 2 aromatic carbocycles. The van der Waals surface area contributed by atoms with Gasteiger partial charge in [-0.3, -0.25) is 4.98 Å². The minimum atomic E-state index is -3.72. The third kappa shape index (κ3) is 3.36. The molecular weight excluding hydrogens is 364 g/mol. The maximum atomic E-state index is 13.1. The molecule has 1 aliphatic rings. The number of pyridine rings is 1. The van der Waals surface area contributed by atoms with Gasteiger partial charge in [-0.25, -0.2) is 8.42 Å². The molecule has 140 valence electrons. The lowest BCUT2D eigenvalue weighted by molar-refractivity contribution is 0.0799. The van der Waals surface area contributed by atoms with Gasteiger partial charge in [0.05, 0.1) is 12.1 Å². The molecule has 1 aliphatic heterocycles. The topological polar surface area (TPSA) is 68.7 Å². The van der Waals surface area contributed by atoms with Crippen LogP contribution in [0.4, 0.5) is 0 Å². The van der Waals surface area contributed by atoms with Gasteiger partial charge in [0.2, 0.25) is 10.0 Å². The zero-order valence-electron chi connectivity index (χ0n) is 15.1. The van der Waals surface area contributed by atoms with E-state index in [-0.39, 0.29) is 17.5 Å². The highest BCUT2D eigenvalue weighted by atomic mass is 32.2. The molecule has 4 rings (SSSR count). The molecule has 0 saturated carbocycles. The van der Waals surface area contributed by atoms with Gasteiger partial charge in [-0.15, -0.1) is 0 Å². The largest absolute Gasteiger partial charge is 0.486 e. The molecule has 1 atom stereocenters. The van der Waals surface area contributed by atoms with Crippen LogP contribution < -0.4 is 9.47 Å². The van der Waals surface area contributed by atoms with E-state index in [1.807, 2.05) is 43.3 Å². The second-order valence-corrected chi connectivity index (χ2v) is 8.64. The van der Waals surface area contributed by atoms with Crippen molar-refractivity contribution in [1.29, 1.82) is 0 Å². The van der Waals surface area contributed by atoms with Crippen molar-refractivity contribution in [2.45, 2.75) is 17.9 Å². The molecule has 0 spiro atoms. The molecular formula is C20H20N2O4S. The summed E-state index contributed by atoms with van der Waals surface area (Å²) in [5, 5.41) is 0.802. The SMILES string of the molecule is Cc1cnc2c(S(=O)(=O)N(C)CC3COc4ccccc4O3)cccc2c1. The number of hydrogen-bond donors (Lipinski definition) is 0. The van der Waals surface area contributed by atoms with Crippen molar-refractivity contribution >= 4 is 20.9 Å². The van der Waals surface area contributed by atoms with E-state index < -0.39 is 10.0 Å². The summed E-state index contributed by atoms with van der Waals surface area (Å²) in [7, 11) is -2.17. The van der Waals surface area contributed by atoms with Crippen molar-refractivity contribution in [3.63, 3.8) is 0 Å². The smallest absolute Gasteiger partial charge is 0.245 e. The Hall–Kier alpha value is -2.64. The molecule has 2 heterocycles. The van der Waals surface area contributed by atoms with Gasteiger partial charge in [0, 0.05) is 18.6 Å². The second-order valence-electron chi connectivity index (χ2n) is 6.62. The maximum Gasteiger partial charge on any atom is 0.245 e. The van der Waals surface area contributed by atoms with Gasteiger partial charge >= 0.3 is 0 Å². The van der Waals surface area contributed by atoms with E-state index in [2.05, 4.69) is 4.98 Å². The van der Waals surface area contributed by atoms with Gasteiger partial charge in [0.1, 0.15) is 17.6 Å². The van der Waals surface area contributed by atoms with E-state index in [0.29, 0.717) is 23.6 Å². The Morgan fingerprint density at radius 1 is 1.15 bits per heavy atom. The fourth-order valence-corrected chi connectivity index (χ4v) is 4.52. The van der Waals surface area contributed by atoms with E-state index >= 15 is 0 Å². The molecule has 0 fully saturated rings. The third-order valence-electron chi connectivity index (χ3n) is 4.53. The average Bonchev–Trinajstić information content (AvgIpc) is 2.67. The van der Waals surface area contributed by atoms with Crippen LogP contribution in [0.1, 0.15) is 5.56 Å². The number of aromatic nitrogens is 1. The molecule has 0 amide bonds. The first kappa shape index (κ1) is 17.8. The summed E-state index contributed by atoms with van der Waals surface area (Å²) in [5.74, 6) is 1.30.